The topological polar surface area (TPSA) is 78.3 Å². The zero-order valence-electron chi connectivity index (χ0n) is 11.3. The molecule has 2 rings (SSSR count). The monoisotopic (exact) mass is 296 g/mol. The minimum atomic E-state index is -0.493. The molecule has 0 aliphatic carbocycles. The predicted molar refractivity (Wildman–Crippen MR) is 79.3 cm³/mol. The van der Waals surface area contributed by atoms with Crippen molar-refractivity contribution < 1.29 is 9.34 Å². The van der Waals surface area contributed by atoms with Crippen molar-refractivity contribution in [3.05, 3.63) is 38.9 Å². The van der Waals surface area contributed by atoms with Crippen LogP contribution in [0.3, 0.4) is 0 Å². The van der Waals surface area contributed by atoms with Crippen LogP contribution in [-0.2, 0) is 6.54 Å². The fourth-order valence-electron chi connectivity index (χ4n) is 2.05. The highest BCUT2D eigenvalue weighted by Crippen LogP contribution is 2.22. The lowest BCUT2D eigenvalue weighted by molar-refractivity contribution is -0.384. The molecule has 0 saturated carbocycles. The second-order valence-corrected chi connectivity index (χ2v) is 5.44. The molecule has 0 saturated heterocycles. The summed E-state index contributed by atoms with van der Waals surface area (Å²) in [7, 11) is 0. The van der Waals surface area contributed by atoms with E-state index in [0.717, 1.165) is 0 Å². The van der Waals surface area contributed by atoms with Crippen LogP contribution in [0.4, 0.5) is 5.69 Å². The first-order valence-corrected chi connectivity index (χ1v) is 6.96. The minimum Gasteiger partial charge on any atom is -0.408 e. The predicted octanol–water partition coefficient (Wildman–Crippen LogP) is 2.70. The van der Waals surface area contributed by atoms with E-state index in [1.54, 1.807) is 0 Å². The maximum absolute atomic E-state index is 11.9. The van der Waals surface area contributed by atoms with Crippen molar-refractivity contribution >= 4 is 29.4 Å². The van der Waals surface area contributed by atoms with E-state index in [4.69, 9.17) is 4.42 Å². The van der Waals surface area contributed by atoms with Gasteiger partial charge in [-0.15, -0.1) is 0 Å². The van der Waals surface area contributed by atoms with Crippen molar-refractivity contribution in [2.24, 2.45) is 11.8 Å². The number of benzene rings is 1. The van der Waals surface area contributed by atoms with Gasteiger partial charge in [-0.05, 0) is 23.7 Å². The molecule has 20 heavy (non-hydrogen) atoms. The van der Waals surface area contributed by atoms with E-state index in [2.05, 4.69) is 26.5 Å². The Morgan fingerprint density at radius 3 is 2.70 bits per heavy atom. The number of rotatable bonds is 5. The molecular formula is C13H16N2O4S. The molecule has 0 amide bonds. The van der Waals surface area contributed by atoms with Crippen molar-refractivity contribution in [2.45, 2.75) is 20.4 Å². The average Bonchev–Trinajstić information content (AvgIpc) is 2.70. The summed E-state index contributed by atoms with van der Waals surface area (Å²) in [6, 6.07) is 4.15. The molecule has 1 unspecified atom stereocenters. The van der Waals surface area contributed by atoms with Crippen molar-refractivity contribution in [3.8, 4) is 0 Å². The van der Waals surface area contributed by atoms with Gasteiger partial charge < -0.3 is 4.42 Å². The van der Waals surface area contributed by atoms with E-state index in [-0.39, 0.29) is 11.6 Å². The third-order valence-corrected chi connectivity index (χ3v) is 3.93. The number of thiol groups is 1. The van der Waals surface area contributed by atoms with E-state index in [0.29, 0.717) is 29.3 Å². The van der Waals surface area contributed by atoms with Crippen LogP contribution in [0.5, 0.6) is 0 Å². The molecule has 7 heteroatoms. The standard InChI is InChI=1S/C13H16N2O4S/c1-8(2)9(7-20)6-14-11-5-10(15(17)18)3-4-12(11)19-13(14)16/h3-5,8-9,20H,6-7H2,1-2H3. The molecule has 1 aromatic heterocycles. The largest absolute Gasteiger partial charge is 0.419 e. The quantitative estimate of drug-likeness (QED) is 0.523. The third kappa shape index (κ3) is 2.72. The van der Waals surface area contributed by atoms with Gasteiger partial charge in [0.2, 0.25) is 0 Å². The van der Waals surface area contributed by atoms with Gasteiger partial charge in [-0.1, -0.05) is 13.8 Å². The first-order valence-electron chi connectivity index (χ1n) is 6.32. The maximum Gasteiger partial charge on any atom is 0.419 e. The summed E-state index contributed by atoms with van der Waals surface area (Å²) < 4.78 is 6.57. The zero-order valence-corrected chi connectivity index (χ0v) is 12.2. The van der Waals surface area contributed by atoms with Gasteiger partial charge in [-0.2, -0.15) is 12.6 Å². The number of hydrogen-bond donors (Lipinski definition) is 1. The Bertz CT molecular complexity index is 689. The molecule has 0 N–H and O–H groups in total. The van der Waals surface area contributed by atoms with E-state index in [9.17, 15) is 14.9 Å². The molecule has 1 aromatic carbocycles. The van der Waals surface area contributed by atoms with Gasteiger partial charge in [0.15, 0.2) is 5.58 Å². The van der Waals surface area contributed by atoms with Gasteiger partial charge in [-0.3, -0.25) is 14.7 Å². The molecule has 0 aliphatic rings. The molecule has 2 aromatic rings. The van der Waals surface area contributed by atoms with E-state index >= 15 is 0 Å². The molecule has 1 heterocycles. The van der Waals surface area contributed by atoms with Crippen molar-refractivity contribution in [1.29, 1.82) is 0 Å². The molecule has 0 radical (unpaired) electrons. The number of nitro benzene ring substituents is 1. The highest BCUT2D eigenvalue weighted by atomic mass is 32.1. The van der Waals surface area contributed by atoms with Gasteiger partial charge >= 0.3 is 5.76 Å². The zero-order chi connectivity index (χ0) is 14.9. The van der Waals surface area contributed by atoms with Gasteiger partial charge in [0.1, 0.15) is 0 Å². The van der Waals surface area contributed by atoms with Crippen molar-refractivity contribution in [1.82, 2.24) is 4.57 Å². The Morgan fingerprint density at radius 1 is 1.45 bits per heavy atom. The number of hydrogen-bond acceptors (Lipinski definition) is 5. The number of nitro groups is 1. The summed E-state index contributed by atoms with van der Waals surface area (Å²) in [6.45, 7) is 4.54. The van der Waals surface area contributed by atoms with Crippen LogP contribution in [-0.4, -0.2) is 15.2 Å². The van der Waals surface area contributed by atoms with Crippen LogP contribution in [0.25, 0.3) is 11.1 Å². The summed E-state index contributed by atoms with van der Waals surface area (Å²) in [5, 5.41) is 10.8. The number of nitrogens with zero attached hydrogens (tertiary/aromatic N) is 2. The van der Waals surface area contributed by atoms with Crippen LogP contribution >= 0.6 is 12.6 Å². The second kappa shape index (κ2) is 5.70. The summed E-state index contributed by atoms with van der Waals surface area (Å²) in [4.78, 5) is 22.2. The lowest BCUT2D eigenvalue weighted by atomic mass is 9.98. The van der Waals surface area contributed by atoms with Gasteiger partial charge in [0, 0.05) is 18.7 Å². The van der Waals surface area contributed by atoms with Crippen LogP contribution in [0.2, 0.25) is 0 Å². The summed E-state index contributed by atoms with van der Waals surface area (Å²) >= 11 is 4.29. The van der Waals surface area contributed by atoms with Crippen molar-refractivity contribution in [3.63, 3.8) is 0 Å². The molecule has 6 nitrogen and oxygen atoms in total. The Balaban J connectivity index is 2.51. The Labute approximate surface area is 120 Å². The van der Waals surface area contributed by atoms with Gasteiger partial charge in [-0.25, -0.2) is 4.79 Å². The fourth-order valence-corrected chi connectivity index (χ4v) is 2.59. The van der Waals surface area contributed by atoms with Crippen LogP contribution in [0.1, 0.15) is 13.8 Å². The molecule has 0 bridgehead atoms. The molecule has 0 fully saturated rings. The lowest BCUT2D eigenvalue weighted by Crippen LogP contribution is -2.24. The summed E-state index contributed by atoms with van der Waals surface area (Å²) in [5.74, 6) is 0.679. The van der Waals surface area contributed by atoms with Gasteiger partial charge in [0.25, 0.3) is 5.69 Å². The first kappa shape index (κ1) is 14.6. The van der Waals surface area contributed by atoms with Crippen LogP contribution in [0, 0.1) is 22.0 Å². The normalized spacial score (nSPS) is 13.0. The second-order valence-electron chi connectivity index (χ2n) is 5.07. The van der Waals surface area contributed by atoms with Crippen molar-refractivity contribution in [2.75, 3.05) is 5.75 Å². The molecule has 108 valence electrons. The fraction of sp³-hybridized carbons (Fsp3) is 0.462. The van der Waals surface area contributed by atoms with E-state index in [1.165, 1.54) is 22.8 Å². The Kier molecular flexibility index (Phi) is 4.17. The average molecular weight is 296 g/mol. The summed E-state index contributed by atoms with van der Waals surface area (Å²) in [5.41, 5.74) is 0.762. The molecular weight excluding hydrogens is 280 g/mol. The number of fused-ring (bicyclic) bond motifs is 1. The summed E-state index contributed by atoms with van der Waals surface area (Å²) in [6.07, 6.45) is 0. The van der Waals surface area contributed by atoms with Crippen LogP contribution in [0.15, 0.2) is 27.4 Å². The number of oxazole rings is 1. The van der Waals surface area contributed by atoms with E-state index in [1.807, 2.05) is 0 Å². The lowest BCUT2D eigenvalue weighted by Gasteiger charge is -2.18. The number of aromatic nitrogens is 1. The van der Waals surface area contributed by atoms with E-state index < -0.39 is 10.7 Å². The molecule has 0 spiro atoms. The SMILES string of the molecule is CC(C)C(CS)Cn1c(=O)oc2ccc([N+](=O)[O-])cc21. The maximum atomic E-state index is 11.9. The third-order valence-electron chi connectivity index (χ3n) is 3.46. The number of non-ortho nitro benzene ring substituents is 1. The highest BCUT2D eigenvalue weighted by molar-refractivity contribution is 7.80. The van der Waals surface area contributed by atoms with Crippen LogP contribution < -0.4 is 5.76 Å². The first-order chi connectivity index (χ1) is 9.43. The van der Waals surface area contributed by atoms with Gasteiger partial charge in [0.05, 0.1) is 10.4 Å². The Morgan fingerprint density at radius 2 is 2.15 bits per heavy atom. The minimum absolute atomic E-state index is 0.0565. The Hall–Kier alpha value is -1.76. The molecule has 1 atom stereocenters. The highest BCUT2D eigenvalue weighted by Gasteiger charge is 2.19. The smallest absolute Gasteiger partial charge is 0.408 e. The molecule has 0 aliphatic heterocycles.